The zero-order valence-corrected chi connectivity index (χ0v) is 15.2. The molecule has 0 aromatic heterocycles. The topological polar surface area (TPSA) is 63.2 Å². The number of benzene rings is 2. The fraction of sp³-hybridized carbons (Fsp3) is 0.286. The van der Waals surface area contributed by atoms with E-state index in [9.17, 15) is 4.79 Å². The Kier molecular flexibility index (Phi) is 4.62. The maximum Gasteiger partial charge on any atom is 0.341 e. The summed E-state index contributed by atoms with van der Waals surface area (Å²) in [5, 5.41) is 0. The van der Waals surface area contributed by atoms with Crippen molar-refractivity contribution in [3.63, 3.8) is 0 Å². The zero-order valence-electron chi connectivity index (χ0n) is 15.2. The predicted molar refractivity (Wildman–Crippen MR) is 97.6 cm³/mol. The highest BCUT2D eigenvalue weighted by Crippen LogP contribution is 2.45. The Morgan fingerprint density at radius 2 is 1.93 bits per heavy atom. The van der Waals surface area contributed by atoms with Gasteiger partial charge in [0.15, 0.2) is 17.6 Å². The van der Waals surface area contributed by atoms with Crippen LogP contribution in [0.2, 0.25) is 0 Å². The number of fused-ring (bicyclic) bond motifs is 2. The van der Waals surface area contributed by atoms with Crippen LogP contribution in [0.4, 0.5) is 0 Å². The summed E-state index contributed by atoms with van der Waals surface area (Å²) in [7, 11) is 1.35. The smallest absolute Gasteiger partial charge is 0.341 e. The third-order valence-corrected chi connectivity index (χ3v) is 4.44. The van der Waals surface area contributed by atoms with Crippen molar-refractivity contribution in [1.82, 2.24) is 0 Å². The van der Waals surface area contributed by atoms with E-state index in [2.05, 4.69) is 0 Å². The first-order valence-corrected chi connectivity index (χ1v) is 8.83. The first kappa shape index (κ1) is 17.3. The van der Waals surface area contributed by atoms with Gasteiger partial charge in [0.25, 0.3) is 0 Å². The molecule has 2 aromatic rings. The van der Waals surface area contributed by atoms with E-state index in [4.69, 9.17) is 23.7 Å². The van der Waals surface area contributed by atoms with E-state index in [1.54, 1.807) is 0 Å². The molecule has 0 amide bonds. The molecule has 0 saturated heterocycles. The van der Waals surface area contributed by atoms with Crippen LogP contribution in [0.15, 0.2) is 48.0 Å². The summed E-state index contributed by atoms with van der Waals surface area (Å²) in [6.45, 7) is 2.68. The number of methoxy groups -OCH3 is 1. The Morgan fingerprint density at radius 1 is 1.11 bits per heavy atom. The Bertz CT molecular complexity index is 901. The molecule has 6 heteroatoms. The molecule has 0 saturated carbocycles. The molecule has 0 aliphatic carbocycles. The minimum absolute atomic E-state index is 0.178. The van der Waals surface area contributed by atoms with Crippen molar-refractivity contribution in [2.75, 3.05) is 20.5 Å². The van der Waals surface area contributed by atoms with Crippen molar-refractivity contribution >= 4 is 11.7 Å². The van der Waals surface area contributed by atoms with E-state index in [1.807, 2.05) is 49.4 Å². The van der Waals surface area contributed by atoms with Crippen LogP contribution < -0.4 is 14.2 Å². The average molecular weight is 368 g/mol. The van der Waals surface area contributed by atoms with Gasteiger partial charge in [0.2, 0.25) is 6.79 Å². The second-order valence-electron chi connectivity index (χ2n) is 6.19. The van der Waals surface area contributed by atoms with Gasteiger partial charge in [0, 0.05) is 5.56 Å². The summed E-state index contributed by atoms with van der Waals surface area (Å²) >= 11 is 0. The van der Waals surface area contributed by atoms with Crippen molar-refractivity contribution in [3.05, 3.63) is 59.2 Å². The van der Waals surface area contributed by atoms with E-state index in [0.29, 0.717) is 35.2 Å². The molecule has 0 bridgehead atoms. The largest absolute Gasteiger partial charge is 0.492 e. The molecule has 0 spiro atoms. The molecule has 2 aliphatic heterocycles. The van der Waals surface area contributed by atoms with Crippen LogP contribution in [0.5, 0.6) is 17.2 Å². The van der Waals surface area contributed by atoms with Crippen molar-refractivity contribution in [3.8, 4) is 17.2 Å². The maximum atomic E-state index is 12.7. The molecule has 0 fully saturated rings. The van der Waals surface area contributed by atoms with Gasteiger partial charge in [0.1, 0.15) is 17.1 Å². The minimum Gasteiger partial charge on any atom is -0.492 e. The highest BCUT2D eigenvalue weighted by molar-refractivity contribution is 5.99. The summed E-state index contributed by atoms with van der Waals surface area (Å²) in [6, 6.07) is 13.0. The Morgan fingerprint density at radius 3 is 2.74 bits per heavy atom. The number of rotatable bonds is 5. The van der Waals surface area contributed by atoms with Crippen molar-refractivity contribution in [2.45, 2.75) is 19.4 Å². The van der Waals surface area contributed by atoms with Gasteiger partial charge >= 0.3 is 5.97 Å². The van der Waals surface area contributed by atoms with Crippen LogP contribution in [0.3, 0.4) is 0 Å². The minimum atomic E-state index is -0.672. The van der Waals surface area contributed by atoms with E-state index in [1.165, 1.54) is 7.11 Å². The summed E-state index contributed by atoms with van der Waals surface area (Å²) in [6.07, 6.45) is 0.143. The number of esters is 1. The predicted octanol–water partition coefficient (Wildman–Crippen LogP) is 3.86. The Hall–Kier alpha value is -3.15. The first-order chi connectivity index (χ1) is 13.2. The van der Waals surface area contributed by atoms with Crippen LogP contribution in [-0.2, 0) is 14.3 Å². The molecule has 27 heavy (non-hydrogen) atoms. The number of para-hydroxylation sites is 1. The second-order valence-corrected chi connectivity index (χ2v) is 6.19. The van der Waals surface area contributed by atoms with Crippen molar-refractivity contribution in [2.24, 2.45) is 0 Å². The lowest BCUT2D eigenvalue weighted by Gasteiger charge is -2.30. The summed E-state index contributed by atoms with van der Waals surface area (Å²) in [4.78, 5) is 12.7. The lowest BCUT2D eigenvalue weighted by atomic mass is 9.94. The van der Waals surface area contributed by atoms with E-state index >= 15 is 0 Å². The lowest BCUT2D eigenvalue weighted by molar-refractivity contribution is -0.137. The van der Waals surface area contributed by atoms with Gasteiger partial charge in [-0.3, -0.25) is 0 Å². The van der Waals surface area contributed by atoms with Crippen molar-refractivity contribution < 1.29 is 28.5 Å². The van der Waals surface area contributed by atoms with Crippen LogP contribution in [0.1, 0.15) is 30.6 Å². The molecule has 2 aliphatic rings. The van der Waals surface area contributed by atoms with Crippen LogP contribution in [-0.4, -0.2) is 26.5 Å². The van der Waals surface area contributed by atoms with Crippen LogP contribution >= 0.6 is 0 Å². The van der Waals surface area contributed by atoms with E-state index < -0.39 is 12.1 Å². The summed E-state index contributed by atoms with van der Waals surface area (Å²) in [5.41, 5.74) is 1.83. The standard InChI is InChI=1S/C21H20O6/c1-3-10-24-20-14-6-4-5-7-15(14)27-19(18(20)21(22)23-2)13-8-9-16-17(11-13)26-12-25-16/h4-9,11,19H,3,10,12H2,1-2H3. The molecule has 6 nitrogen and oxygen atoms in total. The summed E-state index contributed by atoms with van der Waals surface area (Å²) in [5.74, 6) is 1.95. The van der Waals surface area contributed by atoms with Gasteiger partial charge in [-0.05, 0) is 30.7 Å². The number of hydrogen-bond donors (Lipinski definition) is 0. The van der Waals surface area contributed by atoms with Crippen molar-refractivity contribution in [1.29, 1.82) is 0 Å². The van der Waals surface area contributed by atoms with Gasteiger partial charge in [-0.15, -0.1) is 0 Å². The van der Waals surface area contributed by atoms with Gasteiger partial charge in [-0.2, -0.15) is 0 Å². The number of carbonyl (C=O) groups is 1. The van der Waals surface area contributed by atoms with Gasteiger partial charge in [0.05, 0.1) is 19.3 Å². The Labute approximate surface area is 157 Å². The zero-order chi connectivity index (χ0) is 18.8. The first-order valence-electron chi connectivity index (χ1n) is 8.83. The van der Waals surface area contributed by atoms with Gasteiger partial charge < -0.3 is 23.7 Å². The molecule has 1 unspecified atom stereocenters. The molecular formula is C21H20O6. The van der Waals surface area contributed by atoms with Gasteiger partial charge in [-0.1, -0.05) is 25.1 Å². The van der Waals surface area contributed by atoms with Gasteiger partial charge in [-0.25, -0.2) is 4.79 Å². The lowest BCUT2D eigenvalue weighted by Crippen LogP contribution is -2.24. The number of ether oxygens (including phenoxy) is 5. The molecular weight excluding hydrogens is 348 g/mol. The Balaban J connectivity index is 1.86. The highest BCUT2D eigenvalue weighted by Gasteiger charge is 2.37. The highest BCUT2D eigenvalue weighted by atomic mass is 16.7. The van der Waals surface area contributed by atoms with E-state index in [-0.39, 0.29) is 6.79 Å². The molecule has 140 valence electrons. The molecule has 1 atom stereocenters. The molecule has 2 aromatic carbocycles. The third-order valence-electron chi connectivity index (χ3n) is 4.44. The molecule has 2 heterocycles. The van der Waals surface area contributed by atoms with Crippen LogP contribution in [0, 0.1) is 0 Å². The summed E-state index contributed by atoms with van der Waals surface area (Å²) < 4.78 is 28.1. The monoisotopic (exact) mass is 368 g/mol. The SMILES string of the molecule is CCCOC1=C(C(=O)OC)C(c2ccc3c(c2)OCO3)Oc2ccccc21. The molecule has 4 rings (SSSR count). The second kappa shape index (κ2) is 7.23. The third kappa shape index (κ3) is 3.07. The number of carbonyl (C=O) groups excluding carboxylic acids is 1. The fourth-order valence-electron chi connectivity index (χ4n) is 3.19. The fourth-order valence-corrected chi connectivity index (χ4v) is 3.19. The molecule has 0 radical (unpaired) electrons. The maximum absolute atomic E-state index is 12.7. The van der Waals surface area contributed by atoms with Crippen LogP contribution in [0.25, 0.3) is 5.76 Å². The number of hydrogen-bond acceptors (Lipinski definition) is 6. The van der Waals surface area contributed by atoms with E-state index in [0.717, 1.165) is 17.5 Å². The quantitative estimate of drug-likeness (QED) is 0.747. The molecule has 0 N–H and O–H groups in total. The normalized spacial score (nSPS) is 17.2. The average Bonchev–Trinajstić information content (AvgIpc) is 3.18.